The summed E-state index contributed by atoms with van der Waals surface area (Å²) < 4.78 is 23.1. The van der Waals surface area contributed by atoms with Crippen molar-refractivity contribution in [2.45, 2.75) is 85.6 Å². The van der Waals surface area contributed by atoms with Gasteiger partial charge in [-0.25, -0.2) is 0 Å². The molecule has 14 nitrogen and oxygen atoms in total. The largest absolute Gasteiger partial charge is 0.507 e. The molecule has 1 amide bonds. The maximum atomic E-state index is 14.0. The van der Waals surface area contributed by atoms with Crippen molar-refractivity contribution in [3.8, 4) is 11.5 Å². The third-order valence-electron chi connectivity index (χ3n) is 10.2. The molecule has 14 heteroatoms. The number of phenols is 1. The van der Waals surface area contributed by atoms with Gasteiger partial charge in [0, 0.05) is 55.8 Å². The van der Waals surface area contributed by atoms with Crippen molar-refractivity contribution in [3.05, 3.63) is 69.7 Å². The molecule has 5 bridgehead atoms. The lowest BCUT2D eigenvalue weighted by molar-refractivity contribution is -0.160. The number of methoxy groups -OCH3 is 1. The van der Waals surface area contributed by atoms with Gasteiger partial charge < -0.3 is 44.7 Å². The predicted octanol–water partition coefficient (Wildman–Crippen LogP) is 2.99. The van der Waals surface area contributed by atoms with Gasteiger partial charge in [-0.05, 0) is 19.9 Å². The number of ketones is 3. The summed E-state index contributed by atoms with van der Waals surface area (Å²) in [5.41, 5.74) is -2.42. The van der Waals surface area contributed by atoms with Gasteiger partial charge in [-0.2, -0.15) is 0 Å². The van der Waals surface area contributed by atoms with Crippen LogP contribution in [-0.4, -0.2) is 93.6 Å². The zero-order valence-corrected chi connectivity index (χ0v) is 30.7. The molecular weight excluding hydrogens is 678 g/mol. The first-order valence-electron chi connectivity index (χ1n) is 17.0. The molecule has 5 rings (SSSR count). The average molecular weight is 726 g/mol. The van der Waals surface area contributed by atoms with Crippen molar-refractivity contribution in [1.82, 2.24) is 5.32 Å². The molecule has 4 aliphatic rings. The van der Waals surface area contributed by atoms with Gasteiger partial charge in [0.2, 0.25) is 5.78 Å². The Hall–Kier alpha value is -4.63. The van der Waals surface area contributed by atoms with Crippen molar-refractivity contribution >= 4 is 29.2 Å². The normalized spacial score (nSPS) is 31.6. The highest BCUT2D eigenvalue weighted by Gasteiger charge is 2.52. The van der Waals surface area contributed by atoms with Crippen molar-refractivity contribution in [2.75, 3.05) is 13.7 Å². The van der Waals surface area contributed by atoms with Crippen molar-refractivity contribution in [1.29, 1.82) is 0 Å². The topological polar surface area (TPSA) is 215 Å². The Kier molecular flexibility index (Phi) is 12.0. The molecule has 3 aliphatic heterocycles. The molecule has 0 radical (unpaired) electrons. The van der Waals surface area contributed by atoms with E-state index < -0.39 is 118 Å². The molecule has 0 aromatic heterocycles. The molecular formula is C38H47NO13. The summed E-state index contributed by atoms with van der Waals surface area (Å²) in [6.45, 7) is 11.1. The van der Waals surface area contributed by atoms with E-state index in [2.05, 4.69) is 5.32 Å². The van der Waals surface area contributed by atoms with Crippen LogP contribution in [0.1, 0.15) is 85.1 Å². The van der Waals surface area contributed by atoms with E-state index in [0.717, 1.165) is 6.26 Å². The third kappa shape index (κ3) is 7.20. The fourth-order valence-electron chi connectivity index (χ4n) is 6.91. The van der Waals surface area contributed by atoms with Gasteiger partial charge >= 0.3 is 11.8 Å². The Morgan fingerprint density at radius 1 is 0.942 bits per heavy atom. The minimum Gasteiger partial charge on any atom is -0.507 e. The number of hydrogen-bond donors (Lipinski definition) is 5. The van der Waals surface area contributed by atoms with Crippen molar-refractivity contribution in [3.63, 3.8) is 0 Å². The fraction of sp³-hybridized carbons (Fsp3) is 0.500. The van der Waals surface area contributed by atoms with Crippen LogP contribution in [0.3, 0.4) is 0 Å². The lowest BCUT2D eigenvalue weighted by atomic mass is 9.78. The SMILES string of the molecule is CO[C@@H]1C=CO[C@@]2(C)Oc3c(C)c(O)c4c(c3C2=O)C(=O)C(CO)=C(NC(=O)C(C)=CC=C[C@H](C)[C@H](O)[C@H](C)[C@H](O)[C@H](C)[C@@H](OC(C)=O)[C@@H]1C)C4=O. The van der Waals surface area contributed by atoms with Crippen molar-refractivity contribution < 1.29 is 63.3 Å². The molecule has 0 saturated carbocycles. The van der Waals surface area contributed by atoms with E-state index in [0.29, 0.717) is 0 Å². The lowest BCUT2D eigenvalue weighted by Crippen LogP contribution is -2.46. The highest BCUT2D eigenvalue weighted by Crippen LogP contribution is 2.48. The Morgan fingerprint density at radius 3 is 2.19 bits per heavy atom. The second-order valence-electron chi connectivity index (χ2n) is 13.8. The van der Waals surface area contributed by atoms with E-state index in [-0.39, 0.29) is 22.4 Å². The molecule has 0 saturated heterocycles. The maximum Gasteiger partial charge on any atom is 0.312 e. The Balaban J connectivity index is 1.88. The van der Waals surface area contributed by atoms with Crippen LogP contribution in [-0.2, 0) is 23.8 Å². The summed E-state index contributed by atoms with van der Waals surface area (Å²) in [4.78, 5) is 67.3. The number of ether oxygens (including phenoxy) is 4. The van der Waals surface area contributed by atoms with E-state index in [1.165, 1.54) is 53.0 Å². The Morgan fingerprint density at radius 2 is 1.60 bits per heavy atom. The number of aliphatic hydroxyl groups excluding tert-OH is 3. The molecule has 1 aliphatic carbocycles. The summed E-state index contributed by atoms with van der Waals surface area (Å²) in [6, 6.07) is 0. The van der Waals surface area contributed by atoms with E-state index >= 15 is 0 Å². The third-order valence-corrected chi connectivity index (χ3v) is 10.2. The van der Waals surface area contributed by atoms with Crippen LogP contribution >= 0.6 is 0 Å². The molecule has 0 spiro atoms. The van der Waals surface area contributed by atoms with Crippen LogP contribution in [0.5, 0.6) is 11.5 Å². The minimum absolute atomic E-state index is 0.0462. The highest BCUT2D eigenvalue weighted by atomic mass is 16.7. The number of carbonyl (C=O) groups excluding carboxylic acids is 5. The van der Waals surface area contributed by atoms with E-state index in [1.807, 2.05) is 0 Å². The van der Waals surface area contributed by atoms with Gasteiger partial charge in [-0.1, -0.05) is 45.9 Å². The van der Waals surface area contributed by atoms with Gasteiger partial charge in [0.1, 0.15) is 17.6 Å². The maximum absolute atomic E-state index is 14.0. The fourth-order valence-corrected chi connectivity index (χ4v) is 6.91. The standard InChI is InChI=1S/C38H47NO13/c1-16-11-10-12-17(2)37(48)39-28-23(15-40)32(45)25-26(33(28)46)31(44)21(6)35-27(25)36(47)38(8,52-35)50-14-13-24(49-9)18(3)34(51-22(7)41)20(5)30(43)19(4)29(16)42/h10-14,16,18-20,24,29-30,34,40,42-44H,15H2,1-9H3,(H,39,48)/t16-,18+,19-,20-,24+,29-,30-,34-,38-/m0/s1. The lowest BCUT2D eigenvalue weighted by Gasteiger charge is -2.38. The number of phenolic OH excluding ortho intramolecular Hbond substituents is 1. The number of benzene rings is 1. The number of fused-ring (bicyclic) bond motifs is 14. The molecule has 3 heterocycles. The molecule has 1 aromatic rings. The molecule has 1 aromatic carbocycles. The quantitative estimate of drug-likeness (QED) is 0.284. The average Bonchev–Trinajstić information content (AvgIpc) is 3.36. The first-order valence-corrected chi connectivity index (χ1v) is 17.0. The molecule has 9 atom stereocenters. The van der Waals surface area contributed by atoms with Crippen LogP contribution in [0.15, 0.2) is 47.4 Å². The Labute approximate surface area is 301 Å². The minimum atomic E-state index is -2.10. The molecule has 0 unspecified atom stereocenters. The second kappa shape index (κ2) is 15.5. The number of Topliss-reactive ketones (excluding diaryl/α,β-unsaturated/α-hetero) is 3. The van der Waals surface area contributed by atoms with Gasteiger partial charge in [0.15, 0.2) is 5.78 Å². The first kappa shape index (κ1) is 40.1. The number of hydrogen-bond acceptors (Lipinski definition) is 13. The smallest absolute Gasteiger partial charge is 0.312 e. The predicted molar refractivity (Wildman–Crippen MR) is 185 cm³/mol. The van der Waals surface area contributed by atoms with Gasteiger partial charge in [0.25, 0.3) is 11.7 Å². The summed E-state index contributed by atoms with van der Waals surface area (Å²) >= 11 is 0. The van der Waals surface area contributed by atoms with Crippen molar-refractivity contribution in [2.24, 2.45) is 23.7 Å². The van der Waals surface area contributed by atoms with Crippen LogP contribution in [0.2, 0.25) is 0 Å². The number of esters is 1. The number of nitrogens with one attached hydrogen (secondary N) is 1. The van der Waals surface area contributed by atoms with Gasteiger partial charge in [-0.15, -0.1) is 0 Å². The zero-order chi connectivity index (χ0) is 39.0. The summed E-state index contributed by atoms with van der Waals surface area (Å²) in [6.07, 6.45) is 3.16. The molecule has 282 valence electrons. The summed E-state index contributed by atoms with van der Waals surface area (Å²) in [5, 5.41) is 46.4. The van der Waals surface area contributed by atoms with Crippen LogP contribution in [0, 0.1) is 30.6 Å². The van der Waals surface area contributed by atoms with Crippen LogP contribution < -0.4 is 10.1 Å². The summed E-state index contributed by atoms with van der Waals surface area (Å²) in [7, 11) is 1.40. The van der Waals surface area contributed by atoms with Gasteiger partial charge in [-0.3, -0.25) is 24.0 Å². The number of rotatable bonds is 3. The molecule has 52 heavy (non-hydrogen) atoms. The molecule has 5 N–H and O–H groups in total. The number of aromatic hydroxyl groups is 1. The highest BCUT2D eigenvalue weighted by molar-refractivity contribution is 6.32. The van der Waals surface area contributed by atoms with Gasteiger partial charge in [0.05, 0.1) is 59.1 Å². The number of aliphatic hydroxyl groups is 3. The summed E-state index contributed by atoms with van der Waals surface area (Å²) in [5.74, 6) is -9.78. The molecule has 0 fully saturated rings. The monoisotopic (exact) mass is 725 g/mol. The zero-order valence-electron chi connectivity index (χ0n) is 30.7. The van der Waals surface area contributed by atoms with E-state index in [9.17, 15) is 44.4 Å². The number of allylic oxidation sites excluding steroid dienone is 3. The Bertz CT molecular complexity index is 1790. The first-order chi connectivity index (χ1) is 24.3. The van der Waals surface area contributed by atoms with E-state index in [4.69, 9.17) is 18.9 Å². The second-order valence-corrected chi connectivity index (χ2v) is 13.8. The van der Waals surface area contributed by atoms with Crippen LogP contribution in [0.4, 0.5) is 0 Å². The number of carbonyl (C=O) groups is 5. The number of amides is 1. The van der Waals surface area contributed by atoms with E-state index in [1.54, 1.807) is 33.8 Å². The van der Waals surface area contributed by atoms with Crippen LogP contribution in [0.25, 0.3) is 0 Å².